The van der Waals surface area contributed by atoms with E-state index < -0.39 is 11.5 Å². The third-order valence-corrected chi connectivity index (χ3v) is 2.90. The van der Waals surface area contributed by atoms with Gasteiger partial charge in [0.05, 0.1) is 0 Å². The molecule has 0 aliphatic heterocycles. The first-order valence-electron chi connectivity index (χ1n) is 6.53. The van der Waals surface area contributed by atoms with Crippen molar-refractivity contribution in [1.82, 2.24) is 10.5 Å². The Morgan fingerprint density at radius 2 is 1.90 bits per heavy atom. The van der Waals surface area contributed by atoms with E-state index in [4.69, 9.17) is 9.63 Å². The van der Waals surface area contributed by atoms with Gasteiger partial charge in [-0.25, -0.2) is 0 Å². The fourth-order valence-electron chi connectivity index (χ4n) is 1.59. The predicted octanol–water partition coefficient (Wildman–Crippen LogP) is 2.35. The van der Waals surface area contributed by atoms with Gasteiger partial charge in [-0.15, -0.1) is 0 Å². The molecule has 0 spiro atoms. The Labute approximate surface area is 118 Å². The molecular weight excluding hydrogens is 260 g/mol. The molecule has 1 rings (SSSR count). The summed E-state index contributed by atoms with van der Waals surface area (Å²) in [5, 5.41) is 15.2. The number of nitrogens with zero attached hydrogens (tertiary/aromatic N) is 1. The fourth-order valence-corrected chi connectivity index (χ4v) is 1.59. The molecule has 6 nitrogen and oxygen atoms in total. The lowest BCUT2D eigenvalue weighted by atomic mass is 9.93. The third-order valence-electron chi connectivity index (χ3n) is 2.90. The molecule has 1 amide bonds. The second-order valence-electron chi connectivity index (χ2n) is 6.56. The lowest BCUT2D eigenvalue weighted by Crippen LogP contribution is -2.43. The molecule has 0 fully saturated rings. The zero-order valence-corrected chi connectivity index (χ0v) is 12.6. The second-order valence-corrected chi connectivity index (χ2v) is 6.56. The molecule has 0 radical (unpaired) electrons. The van der Waals surface area contributed by atoms with Crippen LogP contribution in [0.25, 0.3) is 0 Å². The Hall–Kier alpha value is -1.85. The van der Waals surface area contributed by atoms with E-state index in [9.17, 15) is 9.59 Å². The molecule has 2 N–H and O–H groups in total. The Kier molecular flexibility index (Phi) is 4.57. The Bertz CT molecular complexity index is 498. The highest BCUT2D eigenvalue weighted by molar-refractivity contribution is 5.92. The maximum atomic E-state index is 12.1. The molecule has 0 aliphatic carbocycles. The average Bonchev–Trinajstić information content (AvgIpc) is 2.74. The first-order valence-corrected chi connectivity index (χ1v) is 6.53. The highest BCUT2D eigenvalue weighted by Crippen LogP contribution is 2.23. The molecule has 0 unspecified atom stereocenters. The molecule has 20 heavy (non-hydrogen) atoms. The van der Waals surface area contributed by atoms with Gasteiger partial charge in [0.1, 0.15) is 5.76 Å². The zero-order valence-electron chi connectivity index (χ0n) is 12.6. The lowest BCUT2D eigenvalue weighted by Gasteiger charge is -2.24. The lowest BCUT2D eigenvalue weighted by molar-refractivity contribution is -0.137. The maximum absolute atomic E-state index is 12.1. The monoisotopic (exact) mass is 282 g/mol. The summed E-state index contributed by atoms with van der Waals surface area (Å²) in [6, 6.07) is 1.61. The number of hydrogen-bond donors (Lipinski definition) is 2. The molecule has 0 aliphatic rings. The number of carboxylic acids is 1. The quantitative estimate of drug-likeness (QED) is 0.864. The molecule has 0 aromatic carbocycles. The van der Waals surface area contributed by atoms with Crippen LogP contribution in [0.2, 0.25) is 0 Å². The van der Waals surface area contributed by atoms with Crippen molar-refractivity contribution in [2.45, 2.75) is 58.4 Å². The van der Waals surface area contributed by atoms with Crippen molar-refractivity contribution in [3.05, 3.63) is 17.5 Å². The molecular formula is C14H22N2O4. The molecule has 0 saturated heterocycles. The van der Waals surface area contributed by atoms with Crippen molar-refractivity contribution in [2.24, 2.45) is 0 Å². The van der Waals surface area contributed by atoms with Crippen molar-refractivity contribution in [3.63, 3.8) is 0 Å². The van der Waals surface area contributed by atoms with Gasteiger partial charge in [0.15, 0.2) is 5.69 Å². The van der Waals surface area contributed by atoms with Crippen molar-refractivity contribution in [3.8, 4) is 0 Å². The van der Waals surface area contributed by atoms with E-state index in [0.29, 0.717) is 12.2 Å². The van der Waals surface area contributed by atoms with Crippen LogP contribution in [0.5, 0.6) is 0 Å². The standard InChI is InChI=1S/C14H22N2O4/c1-13(2,3)10-8-9(16-20-10)12(19)15-14(4,5)7-6-11(17)18/h8H,6-7H2,1-5H3,(H,15,19)(H,17,18). The smallest absolute Gasteiger partial charge is 0.303 e. The van der Waals surface area contributed by atoms with Crippen LogP contribution in [0, 0.1) is 0 Å². The van der Waals surface area contributed by atoms with Crippen LogP contribution in [0.1, 0.15) is 63.7 Å². The minimum absolute atomic E-state index is 0.000658. The first-order chi connectivity index (χ1) is 9.01. The normalized spacial score (nSPS) is 12.2. The van der Waals surface area contributed by atoms with Crippen molar-refractivity contribution >= 4 is 11.9 Å². The number of nitrogens with one attached hydrogen (secondary N) is 1. The van der Waals surface area contributed by atoms with Crippen molar-refractivity contribution < 1.29 is 19.2 Å². The van der Waals surface area contributed by atoms with Gasteiger partial charge in [-0.2, -0.15) is 0 Å². The minimum Gasteiger partial charge on any atom is -0.481 e. The highest BCUT2D eigenvalue weighted by atomic mass is 16.5. The third kappa shape index (κ3) is 4.68. The molecule has 0 atom stereocenters. The number of rotatable bonds is 5. The van der Waals surface area contributed by atoms with Gasteiger partial charge in [0.2, 0.25) is 0 Å². The van der Waals surface area contributed by atoms with Gasteiger partial charge < -0.3 is 14.9 Å². The summed E-state index contributed by atoms with van der Waals surface area (Å²) < 4.78 is 5.16. The number of amides is 1. The van der Waals surface area contributed by atoms with Crippen LogP contribution in [0.4, 0.5) is 0 Å². The van der Waals surface area contributed by atoms with Crippen LogP contribution < -0.4 is 5.32 Å². The zero-order chi connectivity index (χ0) is 15.6. The van der Waals surface area contributed by atoms with Gasteiger partial charge in [-0.1, -0.05) is 25.9 Å². The summed E-state index contributed by atoms with van der Waals surface area (Å²) in [5.41, 5.74) is -0.626. The van der Waals surface area contributed by atoms with Gasteiger partial charge >= 0.3 is 5.97 Å². The van der Waals surface area contributed by atoms with E-state index >= 15 is 0 Å². The number of carboxylic acid groups (broad SMARTS) is 1. The molecule has 1 aromatic heterocycles. The second kappa shape index (κ2) is 5.64. The average molecular weight is 282 g/mol. The molecule has 0 bridgehead atoms. The molecule has 6 heteroatoms. The first kappa shape index (κ1) is 16.2. The van der Waals surface area contributed by atoms with Crippen LogP contribution >= 0.6 is 0 Å². The summed E-state index contributed by atoms with van der Waals surface area (Å²) in [6.45, 7) is 9.45. The molecule has 0 saturated carbocycles. The Morgan fingerprint density at radius 3 is 2.35 bits per heavy atom. The van der Waals surface area contributed by atoms with Crippen molar-refractivity contribution in [2.75, 3.05) is 0 Å². The van der Waals surface area contributed by atoms with Gasteiger partial charge in [0, 0.05) is 23.4 Å². The van der Waals surface area contributed by atoms with Gasteiger partial charge in [-0.3, -0.25) is 9.59 Å². The highest BCUT2D eigenvalue weighted by Gasteiger charge is 2.26. The van der Waals surface area contributed by atoms with Crippen molar-refractivity contribution in [1.29, 1.82) is 0 Å². The van der Waals surface area contributed by atoms with Gasteiger partial charge in [0.25, 0.3) is 5.91 Å². The fraction of sp³-hybridized carbons (Fsp3) is 0.643. The Morgan fingerprint density at radius 1 is 1.30 bits per heavy atom. The topological polar surface area (TPSA) is 92.4 Å². The number of carbonyl (C=O) groups excluding carboxylic acids is 1. The minimum atomic E-state index is -0.885. The van der Waals surface area contributed by atoms with Crippen LogP contribution in [0.15, 0.2) is 10.6 Å². The number of aliphatic carboxylic acids is 1. The van der Waals surface area contributed by atoms with E-state index in [2.05, 4.69) is 10.5 Å². The van der Waals surface area contributed by atoms with E-state index in [0.717, 1.165) is 0 Å². The summed E-state index contributed by atoms with van der Waals surface area (Å²) in [6.07, 6.45) is 0.345. The van der Waals surface area contributed by atoms with E-state index in [1.807, 2.05) is 20.8 Å². The molecule has 1 heterocycles. The molecule has 1 aromatic rings. The van der Waals surface area contributed by atoms with Crippen LogP contribution in [-0.2, 0) is 10.2 Å². The number of carbonyl (C=O) groups is 2. The summed E-state index contributed by atoms with van der Waals surface area (Å²) >= 11 is 0. The van der Waals surface area contributed by atoms with E-state index in [1.165, 1.54) is 0 Å². The van der Waals surface area contributed by atoms with E-state index in [1.54, 1.807) is 19.9 Å². The van der Waals surface area contributed by atoms with Crippen LogP contribution in [-0.4, -0.2) is 27.7 Å². The summed E-state index contributed by atoms with van der Waals surface area (Å²) in [5.74, 6) is -0.616. The largest absolute Gasteiger partial charge is 0.481 e. The predicted molar refractivity (Wildman–Crippen MR) is 73.6 cm³/mol. The Balaban J connectivity index is 2.71. The van der Waals surface area contributed by atoms with Gasteiger partial charge in [-0.05, 0) is 20.3 Å². The summed E-state index contributed by atoms with van der Waals surface area (Å²) in [7, 11) is 0. The van der Waals surface area contributed by atoms with E-state index in [-0.39, 0.29) is 23.4 Å². The van der Waals surface area contributed by atoms with Crippen LogP contribution in [0.3, 0.4) is 0 Å². The number of hydrogen-bond acceptors (Lipinski definition) is 4. The summed E-state index contributed by atoms with van der Waals surface area (Å²) in [4.78, 5) is 22.6. The SMILES string of the molecule is CC(C)(CCC(=O)O)NC(=O)c1cc(C(C)(C)C)on1. The maximum Gasteiger partial charge on any atom is 0.303 e. The molecule has 112 valence electrons. The number of aromatic nitrogens is 1.